The third-order valence-electron chi connectivity index (χ3n) is 2.48. The lowest BCUT2D eigenvalue weighted by Crippen LogP contribution is -2.43. The van der Waals surface area contributed by atoms with E-state index in [9.17, 15) is 4.79 Å². The molecule has 0 saturated heterocycles. The second-order valence-corrected chi connectivity index (χ2v) is 4.51. The van der Waals surface area contributed by atoms with Crippen molar-refractivity contribution in [3.63, 3.8) is 0 Å². The highest BCUT2D eigenvalue weighted by atomic mass is 16.1. The second-order valence-electron chi connectivity index (χ2n) is 4.51. The van der Waals surface area contributed by atoms with Gasteiger partial charge in [0.25, 0.3) is 0 Å². The summed E-state index contributed by atoms with van der Waals surface area (Å²) in [6.07, 6.45) is 0. The molecule has 0 amide bonds. The molecule has 0 N–H and O–H groups in total. The van der Waals surface area contributed by atoms with E-state index < -0.39 is 0 Å². The number of hydrogen-bond acceptors (Lipinski definition) is 2. The van der Waals surface area contributed by atoms with Crippen LogP contribution in [0.1, 0.15) is 41.5 Å². The molecule has 0 rings (SSSR count). The van der Waals surface area contributed by atoms with E-state index in [4.69, 9.17) is 0 Å². The van der Waals surface area contributed by atoms with Crippen LogP contribution < -0.4 is 0 Å². The molecule has 0 radical (unpaired) electrons. The molecule has 0 saturated carbocycles. The molecule has 1 atom stereocenters. The van der Waals surface area contributed by atoms with Crippen LogP contribution >= 0.6 is 0 Å². The number of carbonyl (C=O) groups is 1. The van der Waals surface area contributed by atoms with Gasteiger partial charge in [0.05, 0.1) is 6.04 Å². The van der Waals surface area contributed by atoms with Crippen LogP contribution in [0.4, 0.5) is 0 Å². The molecule has 0 aliphatic heterocycles. The summed E-state index contributed by atoms with van der Waals surface area (Å²) >= 11 is 0. The molecule has 0 aromatic heterocycles. The van der Waals surface area contributed by atoms with Gasteiger partial charge in [0.2, 0.25) is 0 Å². The fraction of sp³-hybridized carbons (Fsp3) is 0.909. The minimum atomic E-state index is -0.220. The highest BCUT2D eigenvalue weighted by Gasteiger charge is 2.29. The summed E-state index contributed by atoms with van der Waals surface area (Å²) in [5, 5.41) is 0. The van der Waals surface area contributed by atoms with Crippen molar-refractivity contribution in [2.24, 2.45) is 5.41 Å². The predicted molar refractivity (Wildman–Crippen MR) is 56.8 cm³/mol. The number of ketones is 1. The minimum absolute atomic E-state index is 0.0509. The molecule has 0 fully saturated rings. The molecular weight excluding hydrogens is 162 g/mol. The first kappa shape index (κ1) is 12.6. The first-order chi connectivity index (χ1) is 5.84. The van der Waals surface area contributed by atoms with Gasteiger partial charge < -0.3 is 0 Å². The Kier molecular flexibility index (Phi) is 4.62. The zero-order valence-electron chi connectivity index (χ0n) is 9.85. The lowest BCUT2D eigenvalue weighted by Gasteiger charge is -2.30. The molecule has 0 aromatic carbocycles. The molecule has 78 valence electrons. The number of rotatable bonds is 4. The molecule has 0 unspecified atom stereocenters. The van der Waals surface area contributed by atoms with Crippen molar-refractivity contribution in [2.45, 2.75) is 47.6 Å². The van der Waals surface area contributed by atoms with Crippen molar-refractivity contribution in [3.8, 4) is 0 Å². The van der Waals surface area contributed by atoms with Crippen LogP contribution in [0.5, 0.6) is 0 Å². The number of hydrogen-bond donors (Lipinski definition) is 0. The van der Waals surface area contributed by atoms with E-state index >= 15 is 0 Å². The lowest BCUT2D eigenvalue weighted by molar-refractivity contribution is -0.131. The normalized spacial score (nSPS) is 14.7. The minimum Gasteiger partial charge on any atom is -0.297 e. The van der Waals surface area contributed by atoms with E-state index in [1.165, 1.54) is 0 Å². The predicted octanol–water partition coefficient (Wildman–Crippen LogP) is 2.33. The highest BCUT2D eigenvalue weighted by molar-refractivity contribution is 5.88. The van der Waals surface area contributed by atoms with Crippen molar-refractivity contribution in [1.82, 2.24) is 4.90 Å². The average Bonchev–Trinajstić information content (AvgIpc) is 2.03. The molecule has 0 bridgehead atoms. The van der Waals surface area contributed by atoms with Crippen LogP contribution in [-0.2, 0) is 4.79 Å². The smallest absolute Gasteiger partial charge is 0.154 e. The molecule has 0 heterocycles. The average molecular weight is 185 g/mol. The first-order valence-corrected chi connectivity index (χ1v) is 5.13. The topological polar surface area (TPSA) is 20.3 Å². The van der Waals surface area contributed by atoms with Gasteiger partial charge in [0, 0.05) is 5.41 Å². The van der Waals surface area contributed by atoms with Crippen LogP contribution in [0.25, 0.3) is 0 Å². The monoisotopic (exact) mass is 185 g/mol. The quantitative estimate of drug-likeness (QED) is 0.670. The largest absolute Gasteiger partial charge is 0.297 e. The summed E-state index contributed by atoms with van der Waals surface area (Å²) in [5.41, 5.74) is -0.220. The zero-order chi connectivity index (χ0) is 10.6. The van der Waals surface area contributed by atoms with Gasteiger partial charge in [0.1, 0.15) is 0 Å². The van der Waals surface area contributed by atoms with Crippen LogP contribution in [0, 0.1) is 5.41 Å². The number of carbonyl (C=O) groups excluding carboxylic acids is 1. The van der Waals surface area contributed by atoms with Gasteiger partial charge in [-0.3, -0.25) is 9.69 Å². The Balaban J connectivity index is 4.41. The van der Waals surface area contributed by atoms with Crippen molar-refractivity contribution in [3.05, 3.63) is 0 Å². The van der Waals surface area contributed by atoms with E-state index in [1.54, 1.807) is 0 Å². The molecular formula is C11H23NO. The Morgan fingerprint density at radius 2 is 1.62 bits per heavy atom. The van der Waals surface area contributed by atoms with Gasteiger partial charge in [-0.2, -0.15) is 0 Å². The summed E-state index contributed by atoms with van der Waals surface area (Å²) in [6, 6.07) is 0.0509. The van der Waals surface area contributed by atoms with Gasteiger partial charge in [-0.05, 0) is 20.0 Å². The van der Waals surface area contributed by atoms with E-state index in [1.807, 2.05) is 27.7 Å². The van der Waals surface area contributed by atoms with E-state index in [0.717, 1.165) is 13.1 Å². The van der Waals surface area contributed by atoms with Crippen molar-refractivity contribution in [2.75, 3.05) is 13.1 Å². The van der Waals surface area contributed by atoms with Gasteiger partial charge in [-0.1, -0.05) is 34.6 Å². The zero-order valence-corrected chi connectivity index (χ0v) is 9.85. The highest BCUT2D eigenvalue weighted by Crippen LogP contribution is 2.19. The maximum Gasteiger partial charge on any atom is 0.154 e. The van der Waals surface area contributed by atoms with Gasteiger partial charge >= 0.3 is 0 Å². The fourth-order valence-corrected chi connectivity index (χ4v) is 1.56. The molecule has 13 heavy (non-hydrogen) atoms. The molecule has 2 heteroatoms. The lowest BCUT2D eigenvalue weighted by atomic mass is 9.86. The molecule has 0 spiro atoms. The molecule has 0 aromatic rings. The third-order valence-corrected chi connectivity index (χ3v) is 2.48. The second kappa shape index (κ2) is 4.75. The molecule has 0 aliphatic carbocycles. The van der Waals surface area contributed by atoms with E-state index in [0.29, 0.717) is 5.78 Å². The van der Waals surface area contributed by atoms with Crippen LogP contribution in [-0.4, -0.2) is 29.8 Å². The summed E-state index contributed by atoms with van der Waals surface area (Å²) in [5.74, 6) is 0.330. The molecule has 2 nitrogen and oxygen atoms in total. The molecule has 0 aliphatic rings. The van der Waals surface area contributed by atoms with Crippen LogP contribution in [0.2, 0.25) is 0 Å². The van der Waals surface area contributed by atoms with E-state index in [-0.39, 0.29) is 11.5 Å². The Labute approximate surface area is 82.3 Å². The van der Waals surface area contributed by atoms with Gasteiger partial charge in [-0.25, -0.2) is 0 Å². The van der Waals surface area contributed by atoms with Crippen LogP contribution in [0.3, 0.4) is 0 Å². The van der Waals surface area contributed by atoms with Gasteiger partial charge in [-0.15, -0.1) is 0 Å². The van der Waals surface area contributed by atoms with Crippen molar-refractivity contribution < 1.29 is 4.79 Å². The maximum absolute atomic E-state index is 11.9. The third kappa shape index (κ3) is 3.47. The summed E-state index contributed by atoms with van der Waals surface area (Å²) in [6.45, 7) is 14.0. The van der Waals surface area contributed by atoms with E-state index in [2.05, 4.69) is 18.7 Å². The number of nitrogens with zero attached hydrogens (tertiary/aromatic N) is 1. The Bertz CT molecular complexity index is 165. The summed E-state index contributed by atoms with van der Waals surface area (Å²) in [4.78, 5) is 14.1. The SMILES string of the molecule is CCN(CC)[C@@H](C)C(=O)C(C)(C)C. The number of likely N-dealkylation sites (N-methyl/N-ethyl adjacent to an activating group) is 1. The van der Waals surface area contributed by atoms with Gasteiger partial charge in [0.15, 0.2) is 5.78 Å². The van der Waals surface area contributed by atoms with Crippen molar-refractivity contribution >= 4 is 5.78 Å². The Morgan fingerprint density at radius 3 is 1.85 bits per heavy atom. The summed E-state index contributed by atoms with van der Waals surface area (Å²) in [7, 11) is 0. The van der Waals surface area contributed by atoms with Crippen molar-refractivity contribution in [1.29, 1.82) is 0 Å². The fourth-order valence-electron chi connectivity index (χ4n) is 1.56. The van der Waals surface area contributed by atoms with Crippen LogP contribution in [0.15, 0.2) is 0 Å². The maximum atomic E-state index is 11.9. The first-order valence-electron chi connectivity index (χ1n) is 5.13. The number of Topliss-reactive ketones (excluding diaryl/α,β-unsaturated/α-hetero) is 1. The Hall–Kier alpha value is -0.370. The summed E-state index contributed by atoms with van der Waals surface area (Å²) < 4.78 is 0. The Morgan fingerprint density at radius 1 is 1.23 bits per heavy atom. The standard InChI is InChI=1S/C11H23NO/c1-7-12(8-2)9(3)10(13)11(4,5)6/h9H,7-8H2,1-6H3/t9-/m0/s1.